The molecule has 0 aromatic carbocycles. The fourth-order valence-corrected chi connectivity index (χ4v) is 0.447. The van der Waals surface area contributed by atoms with Gasteiger partial charge in [0, 0.05) is 5.41 Å². The van der Waals surface area contributed by atoms with Gasteiger partial charge in [0.25, 0.3) is 0 Å². The first-order valence-electron chi connectivity index (χ1n) is 2.77. The lowest BCUT2D eigenvalue weighted by molar-refractivity contribution is 0.563. The van der Waals surface area contributed by atoms with Crippen LogP contribution in [-0.4, -0.2) is 5.84 Å². The number of rotatable bonds is 0. The Morgan fingerprint density at radius 3 is 1.89 bits per heavy atom. The molecule has 0 aromatic rings. The van der Waals surface area contributed by atoms with Crippen molar-refractivity contribution in [2.75, 3.05) is 0 Å². The highest BCUT2D eigenvalue weighted by molar-refractivity contribution is 5.86. The van der Waals surface area contributed by atoms with Crippen LogP contribution in [0.1, 0.15) is 20.8 Å². The van der Waals surface area contributed by atoms with Gasteiger partial charge in [-0.2, -0.15) is 5.10 Å². The topological polar surface area (TPSA) is 76.4 Å². The van der Waals surface area contributed by atoms with Crippen molar-refractivity contribution in [3.05, 3.63) is 0 Å². The standard InChI is InChI=1S/C5H14N4/c1-5(2,3)4(8-6)9-7/h6-7H2,1-3H3,(H,8,9). The van der Waals surface area contributed by atoms with Gasteiger partial charge in [-0.25, -0.2) is 5.84 Å². The molecule has 0 bridgehead atoms. The van der Waals surface area contributed by atoms with E-state index in [1.807, 2.05) is 20.8 Å². The van der Waals surface area contributed by atoms with Crippen LogP contribution in [0.5, 0.6) is 0 Å². The lowest BCUT2D eigenvalue weighted by Crippen LogP contribution is -2.40. The highest BCUT2D eigenvalue weighted by Crippen LogP contribution is 2.12. The fourth-order valence-electron chi connectivity index (χ4n) is 0.447. The van der Waals surface area contributed by atoms with Gasteiger partial charge >= 0.3 is 0 Å². The maximum atomic E-state index is 5.11. The molecule has 0 spiro atoms. The molecule has 9 heavy (non-hydrogen) atoms. The Balaban J connectivity index is 4.14. The molecule has 0 heterocycles. The van der Waals surface area contributed by atoms with E-state index in [1.54, 1.807) is 0 Å². The van der Waals surface area contributed by atoms with Crippen molar-refractivity contribution in [2.45, 2.75) is 20.8 Å². The number of nitrogens with one attached hydrogen (secondary N) is 1. The summed E-state index contributed by atoms with van der Waals surface area (Å²) in [7, 11) is 0. The normalized spacial score (nSPS) is 13.6. The molecule has 0 atom stereocenters. The van der Waals surface area contributed by atoms with E-state index in [0.717, 1.165) is 0 Å². The number of nitrogens with two attached hydrogens (primary N) is 2. The summed E-state index contributed by atoms with van der Waals surface area (Å²) in [5.41, 5.74) is 2.32. The number of hydrazone groups is 1. The second-order valence-corrected chi connectivity index (χ2v) is 2.87. The number of hydrazine groups is 1. The Bertz CT molecular complexity index is 111. The highest BCUT2D eigenvalue weighted by Gasteiger charge is 2.17. The molecule has 0 aliphatic heterocycles. The fraction of sp³-hybridized carbons (Fsp3) is 0.800. The van der Waals surface area contributed by atoms with Gasteiger partial charge in [-0.3, -0.25) is 0 Å². The van der Waals surface area contributed by atoms with E-state index in [4.69, 9.17) is 11.7 Å². The van der Waals surface area contributed by atoms with E-state index in [-0.39, 0.29) is 5.41 Å². The molecule has 0 saturated heterocycles. The number of nitrogens with zero attached hydrogens (tertiary/aromatic N) is 1. The summed E-state index contributed by atoms with van der Waals surface area (Å²) in [6, 6.07) is 0. The van der Waals surface area contributed by atoms with Crippen LogP contribution in [-0.2, 0) is 0 Å². The van der Waals surface area contributed by atoms with Crippen LogP contribution in [0.3, 0.4) is 0 Å². The summed E-state index contributed by atoms with van der Waals surface area (Å²) >= 11 is 0. The van der Waals surface area contributed by atoms with Crippen molar-refractivity contribution < 1.29 is 0 Å². The first-order valence-corrected chi connectivity index (χ1v) is 2.77. The minimum atomic E-state index is -0.0938. The largest absolute Gasteiger partial charge is 0.322 e. The Labute approximate surface area is 55.3 Å². The molecule has 0 fully saturated rings. The van der Waals surface area contributed by atoms with Gasteiger partial charge < -0.3 is 11.3 Å². The zero-order chi connectivity index (χ0) is 7.49. The molecule has 0 unspecified atom stereocenters. The maximum Gasteiger partial charge on any atom is 0.141 e. The molecule has 0 amide bonds. The summed E-state index contributed by atoms with van der Waals surface area (Å²) < 4.78 is 0. The Morgan fingerprint density at radius 2 is 1.89 bits per heavy atom. The SMILES string of the molecule is CC(C)(C)/C(=N/N)NN. The van der Waals surface area contributed by atoms with E-state index >= 15 is 0 Å². The maximum absolute atomic E-state index is 5.11. The minimum Gasteiger partial charge on any atom is -0.322 e. The molecule has 0 aliphatic carbocycles. The van der Waals surface area contributed by atoms with Crippen LogP contribution >= 0.6 is 0 Å². The van der Waals surface area contributed by atoms with Crippen molar-refractivity contribution in [3.63, 3.8) is 0 Å². The highest BCUT2D eigenvalue weighted by atomic mass is 15.3. The van der Waals surface area contributed by atoms with Crippen LogP contribution in [0, 0.1) is 5.41 Å². The molecule has 4 heteroatoms. The average molecular weight is 130 g/mol. The van der Waals surface area contributed by atoms with E-state index in [0.29, 0.717) is 5.84 Å². The van der Waals surface area contributed by atoms with E-state index < -0.39 is 0 Å². The van der Waals surface area contributed by atoms with E-state index in [1.165, 1.54) is 0 Å². The Kier molecular flexibility index (Phi) is 2.45. The van der Waals surface area contributed by atoms with E-state index in [2.05, 4.69) is 10.5 Å². The number of amidine groups is 1. The Morgan fingerprint density at radius 1 is 1.44 bits per heavy atom. The summed E-state index contributed by atoms with van der Waals surface area (Å²) in [6.45, 7) is 5.91. The van der Waals surface area contributed by atoms with Crippen molar-refractivity contribution >= 4 is 5.84 Å². The summed E-state index contributed by atoms with van der Waals surface area (Å²) in [6.07, 6.45) is 0. The Hall–Kier alpha value is -0.770. The quantitative estimate of drug-likeness (QED) is 0.183. The first-order chi connectivity index (χ1) is 4.02. The molecule has 0 rings (SSSR count). The van der Waals surface area contributed by atoms with Crippen LogP contribution in [0.15, 0.2) is 5.10 Å². The average Bonchev–Trinajstić information content (AvgIpc) is 1.65. The van der Waals surface area contributed by atoms with Crippen LogP contribution in [0.25, 0.3) is 0 Å². The molecule has 0 radical (unpaired) electrons. The molecule has 5 N–H and O–H groups in total. The van der Waals surface area contributed by atoms with Gasteiger partial charge in [0.1, 0.15) is 5.84 Å². The van der Waals surface area contributed by atoms with Gasteiger partial charge in [-0.1, -0.05) is 20.8 Å². The molecular weight excluding hydrogens is 116 g/mol. The van der Waals surface area contributed by atoms with Crippen LogP contribution in [0.4, 0.5) is 0 Å². The summed E-state index contributed by atoms with van der Waals surface area (Å²) in [4.78, 5) is 0. The number of hydrogen-bond acceptors (Lipinski definition) is 3. The molecule has 4 nitrogen and oxygen atoms in total. The van der Waals surface area contributed by atoms with Crippen molar-refractivity contribution in [1.82, 2.24) is 5.43 Å². The van der Waals surface area contributed by atoms with Gasteiger partial charge in [0.05, 0.1) is 0 Å². The third-order valence-corrected chi connectivity index (χ3v) is 0.976. The zero-order valence-electron chi connectivity index (χ0n) is 6.10. The van der Waals surface area contributed by atoms with Crippen molar-refractivity contribution in [2.24, 2.45) is 22.2 Å². The second kappa shape index (κ2) is 2.68. The molecular formula is C5H14N4. The monoisotopic (exact) mass is 130 g/mol. The predicted molar refractivity (Wildman–Crippen MR) is 38.4 cm³/mol. The smallest absolute Gasteiger partial charge is 0.141 e. The summed E-state index contributed by atoms with van der Waals surface area (Å²) in [5.74, 6) is 10.7. The van der Waals surface area contributed by atoms with Gasteiger partial charge in [-0.05, 0) is 0 Å². The van der Waals surface area contributed by atoms with Crippen LogP contribution in [0.2, 0.25) is 0 Å². The van der Waals surface area contributed by atoms with E-state index in [9.17, 15) is 0 Å². The van der Waals surface area contributed by atoms with Gasteiger partial charge in [0.2, 0.25) is 0 Å². The first kappa shape index (κ1) is 8.23. The molecule has 0 aromatic heterocycles. The third kappa shape index (κ3) is 2.32. The van der Waals surface area contributed by atoms with Crippen molar-refractivity contribution in [3.8, 4) is 0 Å². The minimum absolute atomic E-state index is 0.0938. The van der Waals surface area contributed by atoms with Crippen LogP contribution < -0.4 is 17.1 Å². The second-order valence-electron chi connectivity index (χ2n) is 2.87. The lowest BCUT2D eigenvalue weighted by atomic mass is 9.95. The zero-order valence-corrected chi connectivity index (χ0v) is 6.10. The van der Waals surface area contributed by atoms with Gasteiger partial charge in [0.15, 0.2) is 0 Å². The molecule has 0 saturated carbocycles. The lowest BCUT2D eigenvalue weighted by Gasteiger charge is -2.18. The predicted octanol–water partition coefficient (Wildman–Crippen LogP) is -0.232. The van der Waals surface area contributed by atoms with Crippen molar-refractivity contribution in [1.29, 1.82) is 0 Å². The third-order valence-electron chi connectivity index (χ3n) is 0.976. The number of hydrogen-bond donors (Lipinski definition) is 3. The summed E-state index contributed by atoms with van der Waals surface area (Å²) in [5, 5.41) is 3.46. The molecule has 0 aliphatic rings. The van der Waals surface area contributed by atoms with Gasteiger partial charge in [-0.15, -0.1) is 0 Å². The molecule has 54 valence electrons.